The van der Waals surface area contributed by atoms with Crippen LogP contribution >= 0.6 is 0 Å². The SMILES string of the molecule is CC(C)n1cc(-c2ccnc(NCCn3cccn3)n2)c(-c2cnc3c(c2)CCN3)n1. The van der Waals surface area contributed by atoms with Gasteiger partial charge in [-0.3, -0.25) is 9.36 Å². The molecule has 0 radical (unpaired) electrons. The first-order valence-corrected chi connectivity index (χ1v) is 10.5. The van der Waals surface area contributed by atoms with Crippen molar-refractivity contribution in [2.75, 3.05) is 23.7 Å². The van der Waals surface area contributed by atoms with Crippen LogP contribution in [-0.4, -0.2) is 47.6 Å². The molecule has 31 heavy (non-hydrogen) atoms. The lowest BCUT2D eigenvalue weighted by Gasteiger charge is -2.07. The summed E-state index contributed by atoms with van der Waals surface area (Å²) < 4.78 is 3.85. The zero-order valence-corrected chi connectivity index (χ0v) is 17.7. The van der Waals surface area contributed by atoms with Gasteiger partial charge < -0.3 is 10.6 Å². The maximum Gasteiger partial charge on any atom is 0.223 e. The number of rotatable bonds is 7. The van der Waals surface area contributed by atoms with Crippen molar-refractivity contribution in [1.82, 2.24) is 34.5 Å². The Morgan fingerprint density at radius 3 is 3.00 bits per heavy atom. The molecule has 0 aromatic carbocycles. The quantitative estimate of drug-likeness (QED) is 0.478. The molecule has 5 heterocycles. The van der Waals surface area contributed by atoms with E-state index in [0.29, 0.717) is 12.5 Å². The standard InChI is InChI=1S/C22H25N9/c1-15(2)31-14-18(20(29-31)17-12-16-4-7-23-21(16)26-13-17)19-5-8-24-22(28-19)25-9-11-30-10-3-6-27-30/h3,5-6,8,10,12-15H,4,7,9,11H2,1-2H3,(H,23,26)(H,24,25,28). The molecule has 0 bridgehead atoms. The Labute approximate surface area is 180 Å². The second-order valence-electron chi connectivity index (χ2n) is 7.84. The van der Waals surface area contributed by atoms with Crippen molar-refractivity contribution in [3.05, 3.63) is 54.7 Å². The number of hydrogen-bond acceptors (Lipinski definition) is 7. The second-order valence-corrected chi connectivity index (χ2v) is 7.84. The van der Waals surface area contributed by atoms with E-state index in [2.05, 4.69) is 51.8 Å². The average molecular weight is 416 g/mol. The van der Waals surface area contributed by atoms with Gasteiger partial charge in [-0.2, -0.15) is 10.2 Å². The fourth-order valence-corrected chi connectivity index (χ4v) is 3.67. The summed E-state index contributed by atoms with van der Waals surface area (Å²) in [6, 6.07) is 6.26. The number of pyridine rings is 1. The molecule has 4 aromatic heterocycles. The van der Waals surface area contributed by atoms with E-state index in [4.69, 9.17) is 10.1 Å². The lowest BCUT2D eigenvalue weighted by atomic mass is 10.1. The Bertz CT molecular complexity index is 1180. The van der Waals surface area contributed by atoms with Crippen LogP contribution in [-0.2, 0) is 13.0 Å². The van der Waals surface area contributed by atoms with Crippen LogP contribution in [0, 0.1) is 0 Å². The van der Waals surface area contributed by atoms with Gasteiger partial charge >= 0.3 is 0 Å². The summed E-state index contributed by atoms with van der Waals surface area (Å²) in [5.41, 5.74) is 4.92. The molecule has 0 aliphatic carbocycles. The molecule has 0 atom stereocenters. The lowest BCUT2D eigenvalue weighted by molar-refractivity contribution is 0.534. The third-order valence-corrected chi connectivity index (χ3v) is 5.30. The van der Waals surface area contributed by atoms with Crippen LogP contribution in [0.5, 0.6) is 0 Å². The van der Waals surface area contributed by atoms with E-state index in [0.717, 1.165) is 47.8 Å². The Kier molecular flexibility index (Phi) is 5.07. The topological polar surface area (TPSA) is 98.4 Å². The third kappa shape index (κ3) is 3.98. The third-order valence-electron chi connectivity index (χ3n) is 5.30. The number of nitrogens with one attached hydrogen (secondary N) is 2. The van der Waals surface area contributed by atoms with Crippen LogP contribution in [0.2, 0.25) is 0 Å². The molecule has 0 spiro atoms. The molecule has 0 amide bonds. The summed E-state index contributed by atoms with van der Waals surface area (Å²) in [7, 11) is 0. The zero-order valence-electron chi connectivity index (χ0n) is 17.7. The Balaban J connectivity index is 1.45. The van der Waals surface area contributed by atoms with Crippen LogP contribution in [0.15, 0.2) is 49.2 Å². The smallest absolute Gasteiger partial charge is 0.223 e. The van der Waals surface area contributed by atoms with Crippen molar-refractivity contribution in [2.24, 2.45) is 0 Å². The van der Waals surface area contributed by atoms with E-state index in [1.807, 2.05) is 33.9 Å². The van der Waals surface area contributed by atoms with Gasteiger partial charge in [-0.25, -0.2) is 15.0 Å². The predicted octanol–water partition coefficient (Wildman–Crippen LogP) is 3.26. The molecule has 4 aromatic rings. The molecule has 158 valence electrons. The highest BCUT2D eigenvalue weighted by Crippen LogP contribution is 2.33. The first-order valence-electron chi connectivity index (χ1n) is 10.5. The molecule has 0 unspecified atom stereocenters. The maximum atomic E-state index is 4.87. The van der Waals surface area contributed by atoms with Crippen LogP contribution in [0.1, 0.15) is 25.5 Å². The highest BCUT2D eigenvalue weighted by atomic mass is 15.3. The van der Waals surface area contributed by atoms with Gasteiger partial charge in [0.2, 0.25) is 5.95 Å². The molecule has 1 aliphatic heterocycles. The minimum absolute atomic E-state index is 0.241. The Morgan fingerprint density at radius 1 is 1.23 bits per heavy atom. The van der Waals surface area contributed by atoms with Gasteiger partial charge in [0.05, 0.1) is 12.2 Å². The van der Waals surface area contributed by atoms with Crippen LogP contribution in [0.3, 0.4) is 0 Å². The van der Waals surface area contributed by atoms with Crippen LogP contribution in [0.25, 0.3) is 22.5 Å². The van der Waals surface area contributed by atoms with E-state index < -0.39 is 0 Å². The van der Waals surface area contributed by atoms with E-state index in [9.17, 15) is 0 Å². The van der Waals surface area contributed by atoms with Gasteiger partial charge in [-0.05, 0) is 44.0 Å². The van der Waals surface area contributed by atoms with E-state index in [1.165, 1.54) is 5.56 Å². The first-order chi connectivity index (χ1) is 15.2. The number of aromatic nitrogens is 7. The number of fused-ring (bicyclic) bond motifs is 1. The van der Waals surface area contributed by atoms with Crippen molar-refractivity contribution in [3.63, 3.8) is 0 Å². The molecule has 9 heteroatoms. The minimum Gasteiger partial charge on any atom is -0.370 e. The predicted molar refractivity (Wildman–Crippen MR) is 120 cm³/mol. The summed E-state index contributed by atoms with van der Waals surface area (Å²) >= 11 is 0. The molecular formula is C22H25N9. The van der Waals surface area contributed by atoms with Crippen molar-refractivity contribution < 1.29 is 0 Å². The van der Waals surface area contributed by atoms with Gasteiger partial charge in [-0.15, -0.1) is 0 Å². The molecule has 0 saturated carbocycles. The van der Waals surface area contributed by atoms with Crippen molar-refractivity contribution in [2.45, 2.75) is 32.9 Å². The van der Waals surface area contributed by atoms with E-state index in [1.54, 1.807) is 12.4 Å². The summed E-state index contributed by atoms with van der Waals surface area (Å²) in [5.74, 6) is 1.56. The van der Waals surface area contributed by atoms with Gasteiger partial charge in [0, 0.05) is 61.2 Å². The molecule has 1 aliphatic rings. The highest BCUT2D eigenvalue weighted by molar-refractivity contribution is 5.79. The maximum absolute atomic E-state index is 4.87. The molecular weight excluding hydrogens is 390 g/mol. The van der Waals surface area contributed by atoms with Crippen LogP contribution in [0.4, 0.5) is 11.8 Å². The van der Waals surface area contributed by atoms with Crippen molar-refractivity contribution in [1.29, 1.82) is 0 Å². The highest BCUT2D eigenvalue weighted by Gasteiger charge is 2.19. The first kappa shape index (κ1) is 19.2. The molecule has 0 saturated heterocycles. The van der Waals surface area contributed by atoms with Gasteiger partial charge in [0.15, 0.2) is 0 Å². The molecule has 9 nitrogen and oxygen atoms in total. The van der Waals surface area contributed by atoms with Gasteiger partial charge in [-0.1, -0.05) is 0 Å². The summed E-state index contributed by atoms with van der Waals surface area (Å²) in [5, 5.41) is 15.7. The fraction of sp³-hybridized carbons (Fsp3) is 0.318. The molecule has 5 rings (SSSR count). The van der Waals surface area contributed by atoms with E-state index in [-0.39, 0.29) is 6.04 Å². The lowest BCUT2D eigenvalue weighted by Crippen LogP contribution is -2.12. The number of hydrogen-bond donors (Lipinski definition) is 2. The Hall–Kier alpha value is -3.75. The minimum atomic E-state index is 0.241. The number of anilines is 2. The van der Waals surface area contributed by atoms with Gasteiger partial charge in [0.1, 0.15) is 11.5 Å². The normalized spacial score (nSPS) is 12.7. The number of nitrogens with zero attached hydrogens (tertiary/aromatic N) is 7. The monoisotopic (exact) mass is 415 g/mol. The van der Waals surface area contributed by atoms with Gasteiger partial charge in [0.25, 0.3) is 0 Å². The van der Waals surface area contributed by atoms with Crippen LogP contribution < -0.4 is 10.6 Å². The van der Waals surface area contributed by atoms with Crippen molar-refractivity contribution >= 4 is 11.8 Å². The van der Waals surface area contributed by atoms with E-state index >= 15 is 0 Å². The summed E-state index contributed by atoms with van der Waals surface area (Å²) in [6.07, 6.45) is 10.4. The zero-order chi connectivity index (χ0) is 21.2. The molecule has 0 fully saturated rings. The molecule has 2 N–H and O–H groups in total. The average Bonchev–Trinajstić information content (AvgIpc) is 3.53. The van der Waals surface area contributed by atoms with Crippen molar-refractivity contribution in [3.8, 4) is 22.5 Å². The summed E-state index contributed by atoms with van der Waals surface area (Å²) in [6.45, 7) is 6.59. The second kappa shape index (κ2) is 8.17. The fourth-order valence-electron chi connectivity index (χ4n) is 3.67. The largest absolute Gasteiger partial charge is 0.370 e. The summed E-state index contributed by atoms with van der Waals surface area (Å²) in [4.78, 5) is 13.7. The Morgan fingerprint density at radius 2 is 2.16 bits per heavy atom.